The first kappa shape index (κ1) is 19.4. The van der Waals surface area contributed by atoms with Crippen LogP contribution in [0.25, 0.3) is 0 Å². The van der Waals surface area contributed by atoms with E-state index in [0.29, 0.717) is 35.7 Å². The quantitative estimate of drug-likeness (QED) is 0.579. The number of rotatable bonds is 5. The van der Waals surface area contributed by atoms with E-state index < -0.39 is 6.10 Å². The Hall–Kier alpha value is -2.35. The molecule has 2 aromatic rings. The van der Waals surface area contributed by atoms with E-state index in [-0.39, 0.29) is 22.9 Å². The molecule has 1 aliphatic heterocycles. The molecule has 144 valence electrons. The highest BCUT2D eigenvalue weighted by atomic mass is 35.5. The Morgan fingerprint density at radius 1 is 1.48 bits per heavy atom. The summed E-state index contributed by atoms with van der Waals surface area (Å²) in [5, 5.41) is 17.3. The Morgan fingerprint density at radius 3 is 3.00 bits per heavy atom. The van der Waals surface area contributed by atoms with Crippen LogP contribution in [0.1, 0.15) is 28.6 Å². The van der Waals surface area contributed by atoms with Crippen LogP contribution in [-0.4, -0.2) is 42.2 Å². The van der Waals surface area contributed by atoms with Crippen molar-refractivity contribution < 1.29 is 14.6 Å². The Balaban J connectivity index is 1.80. The molecule has 2 heterocycles. The summed E-state index contributed by atoms with van der Waals surface area (Å²) >= 11 is 6.07. The first-order valence-corrected chi connectivity index (χ1v) is 9.12. The van der Waals surface area contributed by atoms with E-state index >= 15 is 0 Å². The van der Waals surface area contributed by atoms with Gasteiger partial charge in [-0.1, -0.05) is 17.7 Å². The Labute approximate surface area is 162 Å². The molecule has 27 heavy (non-hydrogen) atoms. The number of halogens is 1. The first-order chi connectivity index (χ1) is 13.0. The number of carbonyl (C=O) groups is 1. The molecule has 0 saturated carbocycles. The highest BCUT2D eigenvalue weighted by Crippen LogP contribution is 2.30. The van der Waals surface area contributed by atoms with E-state index in [1.54, 1.807) is 18.3 Å². The topological polar surface area (TPSA) is 110 Å². The monoisotopic (exact) mass is 390 g/mol. The molecule has 3 rings (SSSR count). The van der Waals surface area contributed by atoms with Crippen LogP contribution in [-0.2, 0) is 0 Å². The zero-order valence-corrected chi connectivity index (χ0v) is 15.7. The number of carbonyl (C=O) groups excluding carboxylic acids is 1. The average Bonchev–Trinajstić information content (AvgIpc) is 2.70. The zero-order chi connectivity index (χ0) is 19.4. The predicted octanol–water partition coefficient (Wildman–Crippen LogP) is 1.77. The molecular formula is C19H23ClN4O3. The highest BCUT2D eigenvalue weighted by Gasteiger charge is 2.34. The largest absolute Gasteiger partial charge is 0.496 e. The summed E-state index contributed by atoms with van der Waals surface area (Å²) in [5.74, 6) is -0.183. The number of hydrogen-bond acceptors (Lipinski definition) is 6. The van der Waals surface area contributed by atoms with Gasteiger partial charge in [-0.3, -0.25) is 9.78 Å². The van der Waals surface area contributed by atoms with E-state index in [1.165, 1.54) is 19.2 Å². The fraction of sp³-hybridized carbons (Fsp3) is 0.368. The third kappa shape index (κ3) is 4.32. The molecule has 8 heteroatoms. The number of pyridine rings is 1. The summed E-state index contributed by atoms with van der Waals surface area (Å²) in [4.78, 5) is 17.1. The number of piperidine rings is 1. The van der Waals surface area contributed by atoms with Crippen molar-refractivity contribution in [2.24, 2.45) is 5.92 Å². The van der Waals surface area contributed by atoms with Crippen molar-refractivity contribution in [2.75, 3.05) is 25.9 Å². The normalized spacial score (nSPS) is 20.7. The van der Waals surface area contributed by atoms with Crippen LogP contribution in [0.2, 0.25) is 5.02 Å². The lowest BCUT2D eigenvalue weighted by Gasteiger charge is -2.35. The number of nitrogens with zero attached hydrogens (tertiary/aromatic N) is 1. The van der Waals surface area contributed by atoms with Crippen LogP contribution < -0.4 is 21.1 Å². The number of nitrogens with one attached hydrogen (secondary N) is 2. The summed E-state index contributed by atoms with van der Waals surface area (Å²) in [6.07, 6.45) is 1.54. The lowest BCUT2D eigenvalue weighted by atomic mass is 9.86. The molecule has 0 bridgehead atoms. The minimum atomic E-state index is -0.791. The second-order valence-electron chi connectivity index (χ2n) is 6.51. The second-order valence-corrected chi connectivity index (χ2v) is 6.92. The molecule has 3 unspecified atom stereocenters. The summed E-state index contributed by atoms with van der Waals surface area (Å²) in [6, 6.07) is 8.20. The highest BCUT2D eigenvalue weighted by molar-refractivity contribution is 6.33. The number of aliphatic hydroxyl groups excluding tert-OH is 1. The van der Waals surface area contributed by atoms with Crippen LogP contribution in [0.4, 0.5) is 5.69 Å². The maximum atomic E-state index is 12.9. The molecule has 1 amide bonds. The van der Waals surface area contributed by atoms with Crippen molar-refractivity contribution >= 4 is 23.2 Å². The lowest BCUT2D eigenvalue weighted by Crippen LogP contribution is -2.51. The van der Waals surface area contributed by atoms with E-state index in [0.717, 1.165) is 6.54 Å². The van der Waals surface area contributed by atoms with Crippen molar-refractivity contribution in [1.82, 2.24) is 15.6 Å². The van der Waals surface area contributed by atoms with Crippen molar-refractivity contribution in [3.8, 4) is 5.75 Å². The summed E-state index contributed by atoms with van der Waals surface area (Å²) in [6.45, 7) is 1.32. The number of aliphatic hydroxyl groups is 1. The van der Waals surface area contributed by atoms with E-state index in [1.807, 2.05) is 6.07 Å². The molecule has 0 spiro atoms. The number of hydrogen-bond donors (Lipinski definition) is 4. The smallest absolute Gasteiger partial charge is 0.255 e. The third-order valence-corrected chi connectivity index (χ3v) is 5.13. The van der Waals surface area contributed by atoms with Crippen LogP contribution in [0, 0.1) is 5.92 Å². The van der Waals surface area contributed by atoms with Gasteiger partial charge in [-0.25, -0.2) is 0 Å². The number of nitrogen functional groups attached to an aromatic ring is 1. The molecule has 1 aromatic heterocycles. The molecular weight excluding hydrogens is 368 g/mol. The molecule has 0 radical (unpaired) electrons. The Morgan fingerprint density at radius 2 is 2.30 bits per heavy atom. The van der Waals surface area contributed by atoms with E-state index in [4.69, 9.17) is 22.1 Å². The molecule has 1 fully saturated rings. The van der Waals surface area contributed by atoms with Crippen LogP contribution >= 0.6 is 11.6 Å². The van der Waals surface area contributed by atoms with Crippen molar-refractivity contribution in [3.05, 3.63) is 52.8 Å². The Bertz CT molecular complexity index is 803. The summed E-state index contributed by atoms with van der Waals surface area (Å²) in [5.41, 5.74) is 7.02. The van der Waals surface area contributed by atoms with Gasteiger partial charge in [0.05, 0.1) is 29.1 Å². The SMILES string of the molecule is COc1cc(N)c(Cl)cc1C(=O)NC1CCNCC1C(O)c1ccccn1. The van der Waals surface area contributed by atoms with E-state index in [2.05, 4.69) is 15.6 Å². The standard InChI is InChI=1S/C19H23ClN4O3/c1-27-17-9-14(21)13(20)8-11(17)19(26)24-15-5-7-22-10-12(15)18(25)16-4-2-3-6-23-16/h2-4,6,8-9,12,15,18,22,25H,5,7,10,21H2,1H3,(H,24,26). The van der Waals surface area contributed by atoms with Crippen molar-refractivity contribution in [1.29, 1.82) is 0 Å². The number of anilines is 1. The molecule has 7 nitrogen and oxygen atoms in total. The number of benzene rings is 1. The number of ether oxygens (including phenoxy) is 1. The molecule has 1 aliphatic rings. The molecule has 1 aromatic carbocycles. The van der Waals surface area contributed by atoms with Crippen LogP contribution in [0.15, 0.2) is 36.5 Å². The molecule has 3 atom stereocenters. The van der Waals surface area contributed by atoms with Gasteiger partial charge < -0.3 is 26.2 Å². The maximum Gasteiger partial charge on any atom is 0.255 e. The van der Waals surface area contributed by atoms with Crippen molar-refractivity contribution in [2.45, 2.75) is 18.6 Å². The third-order valence-electron chi connectivity index (χ3n) is 4.81. The number of aromatic nitrogens is 1. The number of methoxy groups -OCH3 is 1. The van der Waals surface area contributed by atoms with Gasteiger partial charge in [-0.15, -0.1) is 0 Å². The van der Waals surface area contributed by atoms with Crippen LogP contribution in [0.3, 0.4) is 0 Å². The fourth-order valence-corrected chi connectivity index (χ4v) is 3.49. The predicted molar refractivity (Wildman–Crippen MR) is 104 cm³/mol. The maximum absolute atomic E-state index is 12.9. The molecule has 1 saturated heterocycles. The van der Waals surface area contributed by atoms with Gasteiger partial charge in [0, 0.05) is 30.8 Å². The fourth-order valence-electron chi connectivity index (χ4n) is 3.33. The first-order valence-electron chi connectivity index (χ1n) is 8.75. The Kier molecular flexibility index (Phi) is 6.15. The minimum absolute atomic E-state index is 0.215. The number of nitrogens with two attached hydrogens (primary N) is 1. The van der Waals surface area contributed by atoms with Gasteiger partial charge in [0.25, 0.3) is 5.91 Å². The minimum Gasteiger partial charge on any atom is -0.496 e. The number of amides is 1. The van der Waals surface area contributed by atoms with E-state index in [9.17, 15) is 9.90 Å². The molecule has 5 N–H and O–H groups in total. The van der Waals surface area contributed by atoms with Crippen LogP contribution in [0.5, 0.6) is 5.75 Å². The van der Waals surface area contributed by atoms with Gasteiger partial charge in [0.1, 0.15) is 11.9 Å². The van der Waals surface area contributed by atoms with Crippen molar-refractivity contribution in [3.63, 3.8) is 0 Å². The van der Waals surface area contributed by atoms with Gasteiger partial charge in [-0.05, 0) is 31.2 Å². The lowest BCUT2D eigenvalue weighted by molar-refractivity contribution is 0.0603. The molecule has 0 aliphatic carbocycles. The average molecular weight is 391 g/mol. The van der Waals surface area contributed by atoms with Gasteiger partial charge >= 0.3 is 0 Å². The zero-order valence-electron chi connectivity index (χ0n) is 15.0. The van der Waals surface area contributed by atoms with Gasteiger partial charge in [0.2, 0.25) is 0 Å². The second kappa shape index (κ2) is 8.56. The van der Waals surface area contributed by atoms with Gasteiger partial charge in [0.15, 0.2) is 0 Å². The van der Waals surface area contributed by atoms with Gasteiger partial charge in [-0.2, -0.15) is 0 Å². The summed E-state index contributed by atoms with van der Waals surface area (Å²) < 4.78 is 5.26. The summed E-state index contributed by atoms with van der Waals surface area (Å²) in [7, 11) is 1.47.